The molecule has 0 spiro atoms. The number of aryl methyl sites for hydroxylation is 4. The Hall–Kier alpha value is -2.08. The summed E-state index contributed by atoms with van der Waals surface area (Å²) >= 11 is 0. The van der Waals surface area contributed by atoms with E-state index in [9.17, 15) is 0 Å². The first-order valence-electron chi connectivity index (χ1n) is 9.36. The third-order valence-electron chi connectivity index (χ3n) is 4.10. The molecular formula is C25H36. The van der Waals surface area contributed by atoms with Crippen LogP contribution in [0.3, 0.4) is 0 Å². The van der Waals surface area contributed by atoms with Crippen molar-refractivity contribution < 1.29 is 0 Å². The van der Waals surface area contributed by atoms with Crippen molar-refractivity contribution >= 4 is 0 Å². The maximum atomic E-state index is 3.57. The fourth-order valence-corrected chi connectivity index (χ4v) is 2.21. The Morgan fingerprint density at radius 3 is 1.92 bits per heavy atom. The number of allylic oxidation sites excluding steroid dienone is 3. The zero-order chi connectivity index (χ0) is 19.1. The van der Waals surface area contributed by atoms with Crippen LogP contribution >= 0.6 is 0 Å². The van der Waals surface area contributed by atoms with E-state index < -0.39 is 0 Å². The summed E-state index contributed by atoms with van der Waals surface area (Å²) in [6.07, 6.45) is 7.26. The van der Waals surface area contributed by atoms with Crippen LogP contribution < -0.4 is 0 Å². The van der Waals surface area contributed by atoms with Gasteiger partial charge in [-0.25, -0.2) is 0 Å². The van der Waals surface area contributed by atoms with Crippen molar-refractivity contribution in [3.8, 4) is 0 Å². The van der Waals surface area contributed by atoms with E-state index in [1.807, 2.05) is 18.2 Å². The molecule has 0 bridgehead atoms. The minimum atomic E-state index is 1.13. The topological polar surface area (TPSA) is 0 Å². The highest BCUT2D eigenvalue weighted by molar-refractivity contribution is 5.30. The summed E-state index contributed by atoms with van der Waals surface area (Å²) in [6.45, 7) is 16.5. The summed E-state index contributed by atoms with van der Waals surface area (Å²) in [5, 5.41) is 0. The Labute approximate surface area is 156 Å². The summed E-state index contributed by atoms with van der Waals surface area (Å²) < 4.78 is 0. The molecule has 2 aromatic rings. The number of hydrogen-bond donors (Lipinski definition) is 0. The van der Waals surface area contributed by atoms with Gasteiger partial charge in [-0.2, -0.15) is 0 Å². The molecule has 0 aliphatic rings. The molecule has 2 rings (SSSR count). The molecule has 0 aliphatic heterocycles. The van der Waals surface area contributed by atoms with Gasteiger partial charge in [0.15, 0.2) is 0 Å². The van der Waals surface area contributed by atoms with Gasteiger partial charge in [-0.3, -0.25) is 0 Å². The molecule has 0 nitrogen and oxygen atoms in total. The lowest BCUT2D eigenvalue weighted by Gasteiger charge is -2.02. The first-order chi connectivity index (χ1) is 12.0. The molecule has 2 aromatic carbocycles. The molecule has 0 heterocycles. The maximum Gasteiger partial charge on any atom is -0.0305 e. The molecule has 0 aromatic heterocycles. The lowest BCUT2D eigenvalue weighted by molar-refractivity contribution is 1.10. The predicted octanol–water partition coefficient (Wildman–Crippen LogP) is 7.64. The van der Waals surface area contributed by atoms with Crippen LogP contribution in [0, 0.1) is 13.8 Å². The molecule has 0 radical (unpaired) electrons. The molecule has 0 heteroatoms. The van der Waals surface area contributed by atoms with E-state index in [2.05, 4.69) is 90.6 Å². The Balaban J connectivity index is 0.000000353. The zero-order valence-corrected chi connectivity index (χ0v) is 17.1. The average Bonchev–Trinajstić information content (AvgIpc) is 2.65. The highest BCUT2D eigenvalue weighted by atomic mass is 14.0. The monoisotopic (exact) mass is 336 g/mol. The van der Waals surface area contributed by atoms with Crippen LogP contribution in [0.4, 0.5) is 0 Å². The normalized spacial score (nSPS) is 10.1. The molecule has 0 atom stereocenters. The molecule has 0 fully saturated rings. The van der Waals surface area contributed by atoms with Gasteiger partial charge in [0.1, 0.15) is 0 Å². The van der Waals surface area contributed by atoms with Crippen molar-refractivity contribution in [2.24, 2.45) is 0 Å². The second-order valence-corrected chi connectivity index (χ2v) is 6.22. The first-order valence-corrected chi connectivity index (χ1v) is 9.36. The number of hydrogen-bond acceptors (Lipinski definition) is 0. The van der Waals surface area contributed by atoms with Crippen LogP contribution in [0.5, 0.6) is 0 Å². The second-order valence-electron chi connectivity index (χ2n) is 6.22. The Morgan fingerprint density at radius 2 is 1.56 bits per heavy atom. The highest BCUT2D eigenvalue weighted by Gasteiger charge is 1.93. The van der Waals surface area contributed by atoms with E-state index in [4.69, 9.17) is 0 Å². The van der Waals surface area contributed by atoms with Gasteiger partial charge in [0.05, 0.1) is 0 Å². The lowest BCUT2D eigenvalue weighted by atomic mass is 10.0. The van der Waals surface area contributed by atoms with E-state index in [0.29, 0.717) is 0 Å². The first kappa shape index (κ1) is 22.9. The molecule has 0 amide bonds. The number of rotatable bonds is 4. The quantitative estimate of drug-likeness (QED) is 0.503. The third kappa shape index (κ3) is 11.2. The van der Waals surface area contributed by atoms with Crippen molar-refractivity contribution in [3.63, 3.8) is 0 Å². The fourth-order valence-electron chi connectivity index (χ4n) is 2.21. The Kier molecular flexibility index (Phi) is 13.1. The van der Waals surface area contributed by atoms with Gasteiger partial charge >= 0.3 is 0 Å². The van der Waals surface area contributed by atoms with Crippen molar-refractivity contribution in [1.29, 1.82) is 0 Å². The number of benzene rings is 2. The van der Waals surface area contributed by atoms with Crippen molar-refractivity contribution in [2.45, 2.75) is 60.8 Å². The van der Waals surface area contributed by atoms with Gasteiger partial charge in [0, 0.05) is 0 Å². The summed E-state index contributed by atoms with van der Waals surface area (Å²) in [5.41, 5.74) is 7.04. The fraction of sp³-hybridized carbons (Fsp3) is 0.360. The largest absolute Gasteiger partial charge is 0.0991 e. The molecule has 0 N–H and O–H groups in total. The van der Waals surface area contributed by atoms with Gasteiger partial charge < -0.3 is 0 Å². The van der Waals surface area contributed by atoms with Crippen LogP contribution in [0.25, 0.3) is 0 Å². The maximum absolute atomic E-state index is 3.57. The molecule has 136 valence electrons. The standard InChI is InChI=1S/C10H14.C8H10.C7H12/c1-4-10-7-8(2)5-6-9(10)3;1-2-8-6-4-3-5-7-8;1-4-6-7(3)5-2/h5-7H,4H2,1-3H3;3-7H,2H2,1H3;4,6H,1,5H2,2-3H3/b;;7-6-. The summed E-state index contributed by atoms with van der Waals surface area (Å²) in [5.74, 6) is 0. The van der Waals surface area contributed by atoms with Crippen LogP contribution in [0.1, 0.15) is 56.4 Å². The van der Waals surface area contributed by atoms with Crippen LogP contribution in [0.15, 0.2) is 72.8 Å². The van der Waals surface area contributed by atoms with E-state index in [-0.39, 0.29) is 0 Å². The van der Waals surface area contributed by atoms with Gasteiger partial charge in [-0.05, 0) is 56.7 Å². The Morgan fingerprint density at radius 1 is 0.920 bits per heavy atom. The molecular weight excluding hydrogens is 300 g/mol. The molecule has 25 heavy (non-hydrogen) atoms. The Bertz CT molecular complexity index is 618. The van der Waals surface area contributed by atoms with Crippen LogP contribution in [-0.4, -0.2) is 0 Å². The summed E-state index contributed by atoms with van der Waals surface area (Å²) in [7, 11) is 0. The van der Waals surface area contributed by atoms with Crippen molar-refractivity contribution in [1.82, 2.24) is 0 Å². The summed E-state index contributed by atoms with van der Waals surface area (Å²) in [6, 6.07) is 17.1. The van der Waals surface area contributed by atoms with E-state index in [1.165, 1.54) is 27.8 Å². The van der Waals surface area contributed by atoms with Crippen LogP contribution in [0.2, 0.25) is 0 Å². The van der Waals surface area contributed by atoms with Gasteiger partial charge in [-0.15, -0.1) is 0 Å². The zero-order valence-electron chi connectivity index (χ0n) is 17.1. The SMILES string of the molecule is C=C/C=C(/C)CC.CCc1cc(C)ccc1C.CCc1ccccc1. The van der Waals surface area contributed by atoms with E-state index in [1.54, 1.807) is 0 Å². The second kappa shape index (κ2) is 14.3. The molecule has 0 aliphatic carbocycles. The molecule has 0 saturated carbocycles. The third-order valence-corrected chi connectivity index (χ3v) is 4.10. The summed E-state index contributed by atoms with van der Waals surface area (Å²) in [4.78, 5) is 0. The van der Waals surface area contributed by atoms with Gasteiger partial charge in [0.25, 0.3) is 0 Å². The minimum absolute atomic E-state index is 1.13. The van der Waals surface area contributed by atoms with E-state index in [0.717, 1.165) is 19.3 Å². The predicted molar refractivity (Wildman–Crippen MR) is 115 cm³/mol. The van der Waals surface area contributed by atoms with Gasteiger partial charge in [-0.1, -0.05) is 99.2 Å². The van der Waals surface area contributed by atoms with Gasteiger partial charge in [0.2, 0.25) is 0 Å². The van der Waals surface area contributed by atoms with Crippen molar-refractivity contribution in [3.05, 3.63) is 95.1 Å². The van der Waals surface area contributed by atoms with Crippen molar-refractivity contribution in [2.75, 3.05) is 0 Å². The van der Waals surface area contributed by atoms with Crippen LogP contribution in [-0.2, 0) is 12.8 Å². The molecule has 0 unspecified atom stereocenters. The minimum Gasteiger partial charge on any atom is -0.0991 e. The van der Waals surface area contributed by atoms with E-state index >= 15 is 0 Å². The lowest BCUT2D eigenvalue weighted by Crippen LogP contribution is -1.86. The smallest absolute Gasteiger partial charge is 0.0305 e. The highest BCUT2D eigenvalue weighted by Crippen LogP contribution is 2.10. The average molecular weight is 337 g/mol. The molecule has 0 saturated heterocycles.